The second-order valence-corrected chi connectivity index (χ2v) is 7.05. The van der Waals surface area contributed by atoms with E-state index in [1.54, 1.807) is 17.7 Å². The van der Waals surface area contributed by atoms with Crippen LogP contribution in [0.25, 0.3) is 28.1 Å². The van der Waals surface area contributed by atoms with Crippen molar-refractivity contribution in [2.45, 2.75) is 6.92 Å². The number of benzene rings is 3. The molecule has 0 spiro atoms. The fourth-order valence-electron chi connectivity index (χ4n) is 3.65. The molecule has 1 heterocycles. The Morgan fingerprint density at radius 1 is 0.862 bits per heavy atom. The summed E-state index contributed by atoms with van der Waals surface area (Å²) in [4.78, 5) is 26.4. The first-order chi connectivity index (χ1) is 14.1. The zero-order chi connectivity index (χ0) is 20.4. The topological polar surface area (TPSA) is 39.1 Å². The highest BCUT2D eigenvalue weighted by atomic mass is 16.1. The van der Waals surface area contributed by atoms with Crippen molar-refractivity contribution in [2.75, 3.05) is 0 Å². The van der Waals surface area contributed by atoms with Crippen molar-refractivity contribution in [3.8, 4) is 11.1 Å². The first-order valence-electron chi connectivity index (χ1n) is 9.53. The number of nitrogens with zero attached hydrogens (tertiary/aromatic N) is 1. The summed E-state index contributed by atoms with van der Waals surface area (Å²) in [5, 5.41) is 0.883. The molecule has 3 aromatic carbocycles. The van der Waals surface area contributed by atoms with Crippen LogP contribution in [0, 0.1) is 6.92 Å². The van der Waals surface area contributed by atoms with Gasteiger partial charge < -0.3 is 4.57 Å². The molecule has 3 heteroatoms. The van der Waals surface area contributed by atoms with Gasteiger partial charge in [0.15, 0.2) is 5.78 Å². The van der Waals surface area contributed by atoms with Crippen LogP contribution in [0.1, 0.15) is 21.5 Å². The van der Waals surface area contributed by atoms with Gasteiger partial charge in [0.1, 0.15) is 0 Å². The second kappa shape index (κ2) is 7.72. The Balaban J connectivity index is 1.96. The third kappa shape index (κ3) is 3.43. The highest BCUT2D eigenvalue weighted by molar-refractivity contribution is 6.15. The minimum atomic E-state index is -0.293. The minimum absolute atomic E-state index is 0.197. The van der Waals surface area contributed by atoms with Gasteiger partial charge in [-0.05, 0) is 35.8 Å². The van der Waals surface area contributed by atoms with Gasteiger partial charge in [0.2, 0.25) is 0 Å². The standard InChI is InChI=1S/C26H21NO2/c1-18-10-6-7-11-19(18)16-17-23(28)25-24(20-12-4-3-5-13-20)21-14-8-9-15-22(21)27(2)26(25)29/h3-17H,1-2H3/b17-16-. The zero-order valence-corrected chi connectivity index (χ0v) is 16.4. The molecule has 0 unspecified atom stereocenters. The lowest BCUT2D eigenvalue weighted by atomic mass is 9.93. The maximum atomic E-state index is 13.2. The van der Waals surface area contributed by atoms with Crippen LogP contribution in [-0.4, -0.2) is 10.4 Å². The quantitative estimate of drug-likeness (QED) is 0.351. The molecule has 0 atom stereocenters. The monoisotopic (exact) mass is 379 g/mol. The Kier molecular flexibility index (Phi) is 4.96. The minimum Gasteiger partial charge on any atom is -0.311 e. The number of hydrogen-bond acceptors (Lipinski definition) is 2. The molecule has 0 fully saturated rings. The number of rotatable bonds is 4. The second-order valence-electron chi connectivity index (χ2n) is 7.05. The van der Waals surface area contributed by atoms with Crippen molar-refractivity contribution in [3.63, 3.8) is 0 Å². The normalized spacial score (nSPS) is 11.2. The van der Waals surface area contributed by atoms with Crippen LogP contribution in [0.2, 0.25) is 0 Å². The number of allylic oxidation sites excluding steroid dienone is 1. The lowest BCUT2D eigenvalue weighted by molar-refractivity contribution is 0.104. The molecule has 4 rings (SSSR count). The van der Waals surface area contributed by atoms with Crippen molar-refractivity contribution in [3.05, 3.63) is 112 Å². The number of aromatic nitrogens is 1. The van der Waals surface area contributed by atoms with E-state index in [1.165, 1.54) is 6.08 Å². The molecule has 1 aromatic heterocycles. The number of pyridine rings is 1. The third-order valence-electron chi connectivity index (χ3n) is 5.21. The average molecular weight is 379 g/mol. The average Bonchev–Trinajstić information content (AvgIpc) is 2.76. The van der Waals surface area contributed by atoms with Crippen molar-refractivity contribution in [1.82, 2.24) is 4.57 Å². The predicted molar refractivity (Wildman–Crippen MR) is 119 cm³/mol. The number of fused-ring (bicyclic) bond motifs is 1. The number of carbonyl (C=O) groups excluding carboxylic acids is 1. The smallest absolute Gasteiger partial charge is 0.262 e. The summed E-state index contributed by atoms with van der Waals surface area (Å²) in [7, 11) is 1.71. The molecule has 0 bridgehead atoms. The van der Waals surface area contributed by atoms with Gasteiger partial charge in [-0.25, -0.2) is 0 Å². The summed E-state index contributed by atoms with van der Waals surface area (Å²) >= 11 is 0. The molecule has 0 aliphatic heterocycles. The molecule has 4 aromatic rings. The largest absolute Gasteiger partial charge is 0.311 e. The summed E-state index contributed by atoms with van der Waals surface area (Å²) in [5.41, 5.74) is 4.28. The van der Waals surface area contributed by atoms with Crippen molar-refractivity contribution in [1.29, 1.82) is 0 Å². The van der Waals surface area contributed by atoms with Crippen LogP contribution in [0.3, 0.4) is 0 Å². The number of aryl methyl sites for hydroxylation is 2. The van der Waals surface area contributed by atoms with E-state index in [0.717, 1.165) is 27.6 Å². The molecule has 0 aliphatic carbocycles. The molecule has 0 saturated heterocycles. The Hall–Kier alpha value is -3.72. The molecule has 0 radical (unpaired) electrons. The number of carbonyl (C=O) groups is 1. The van der Waals surface area contributed by atoms with Gasteiger partial charge in [0.05, 0.1) is 11.1 Å². The lowest BCUT2D eigenvalue weighted by Gasteiger charge is -2.14. The van der Waals surface area contributed by atoms with Crippen LogP contribution in [0.4, 0.5) is 0 Å². The Morgan fingerprint density at radius 3 is 2.28 bits per heavy atom. The maximum Gasteiger partial charge on any atom is 0.262 e. The van der Waals surface area contributed by atoms with Crippen LogP contribution in [0.15, 0.2) is 89.7 Å². The van der Waals surface area contributed by atoms with E-state index in [9.17, 15) is 9.59 Å². The number of ketones is 1. The van der Waals surface area contributed by atoms with Gasteiger partial charge in [0, 0.05) is 18.0 Å². The van der Waals surface area contributed by atoms with Gasteiger partial charge in [-0.1, -0.05) is 78.9 Å². The van der Waals surface area contributed by atoms with E-state index >= 15 is 0 Å². The van der Waals surface area contributed by atoms with E-state index < -0.39 is 0 Å². The van der Waals surface area contributed by atoms with Gasteiger partial charge in [0.25, 0.3) is 5.56 Å². The molecule has 0 amide bonds. The van der Waals surface area contributed by atoms with Gasteiger partial charge in [-0.15, -0.1) is 0 Å². The first-order valence-corrected chi connectivity index (χ1v) is 9.53. The Labute approximate surface area is 169 Å². The van der Waals surface area contributed by atoms with Crippen molar-refractivity contribution >= 4 is 22.8 Å². The van der Waals surface area contributed by atoms with Crippen molar-refractivity contribution < 1.29 is 4.79 Å². The maximum absolute atomic E-state index is 13.2. The number of para-hydroxylation sites is 1. The number of hydrogen-bond donors (Lipinski definition) is 0. The summed E-state index contributed by atoms with van der Waals surface area (Å²) in [5.74, 6) is -0.293. The molecule has 142 valence electrons. The fourth-order valence-corrected chi connectivity index (χ4v) is 3.65. The highest BCUT2D eigenvalue weighted by Crippen LogP contribution is 2.30. The molecule has 29 heavy (non-hydrogen) atoms. The van der Waals surface area contributed by atoms with Crippen molar-refractivity contribution in [2.24, 2.45) is 7.05 Å². The van der Waals surface area contributed by atoms with Gasteiger partial charge in [-0.3, -0.25) is 9.59 Å². The molecule has 0 aliphatic rings. The van der Waals surface area contributed by atoms with Crippen LogP contribution in [-0.2, 0) is 7.05 Å². The van der Waals surface area contributed by atoms with E-state index in [0.29, 0.717) is 5.56 Å². The molecular weight excluding hydrogens is 358 g/mol. The van der Waals surface area contributed by atoms with E-state index in [-0.39, 0.29) is 16.9 Å². The summed E-state index contributed by atoms with van der Waals surface area (Å²) < 4.78 is 1.55. The molecule has 0 N–H and O–H groups in total. The third-order valence-corrected chi connectivity index (χ3v) is 5.21. The summed E-state index contributed by atoms with van der Waals surface area (Å²) in [6.07, 6.45) is 3.28. The molecular formula is C26H21NO2. The van der Waals surface area contributed by atoms with Gasteiger partial charge >= 0.3 is 0 Å². The van der Waals surface area contributed by atoms with E-state index in [2.05, 4.69) is 0 Å². The highest BCUT2D eigenvalue weighted by Gasteiger charge is 2.20. The summed E-state index contributed by atoms with van der Waals surface area (Å²) in [6.45, 7) is 1.99. The Bertz CT molecular complexity index is 1300. The van der Waals surface area contributed by atoms with Crippen LogP contribution >= 0.6 is 0 Å². The SMILES string of the molecule is Cc1ccccc1/C=C\C(=O)c1c(-c2ccccc2)c2ccccc2n(C)c1=O. The molecule has 3 nitrogen and oxygen atoms in total. The Morgan fingerprint density at radius 2 is 1.52 bits per heavy atom. The molecule has 0 saturated carbocycles. The van der Waals surface area contributed by atoms with Crippen LogP contribution in [0.5, 0.6) is 0 Å². The fraction of sp³-hybridized carbons (Fsp3) is 0.0769. The zero-order valence-electron chi connectivity index (χ0n) is 16.4. The van der Waals surface area contributed by atoms with Gasteiger partial charge in [-0.2, -0.15) is 0 Å². The lowest BCUT2D eigenvalue weighted by Crippen LogP contribution is -2.25. The van der Waals surface area contributed by atoms with Crippen LogP contribution < -0.4 is 5.56 Å². The first kappa shape index (κ1) is 18.6. The van der Waals surface area contributed by atoms with E-state index in [1.807, 2.05) is 85.8 Å². The predicted octanol–water partition coefficient (Wildman–Crippen LogP) is 5.41. The van der Waals surface area contributed by atoms with E-state index in [4.69, 9.17) is 0 Å². The summed E-state index contributed by atoms with van der Waals surface area (Å²) in [6, 6.07) is 25.1.